The first-order chi connectivity index (χ1) is 12.3. The normalized spacial score (nSPS) is 21.4. The number of nitrogens with zero attached hydrogens (tertiary/aromatic N) is 1. The van der Waals surface area contributed by atoms with Crippen molar-refractivity contribution in [3.8, 4) is 0 Å². The van der Waals surface area contributed by atoms with Gasteiger partial charge in [-0.15, -0.1) is 0 Å². The zero-order valence-corrected chi connectivity index (χ0v) is 17.6. The molecule has 1 saturated heterocycles. The van der Waals surface area contributed by atoms with E-state index in [2.05, 4.69) is 15.9 Å². The first-order valence-electron chi connectivity index (χ1n) is 8.75. The van der Waals surface area contributed by atoms with Gasteiger partial charge in [0.25, 0.3) is 0 Å². The standard InChI is InChI=1S/C20H24BrNO3S/c1-14(2)19-13-25-20(12-16-6-8-17(21)9-7-16)22(19)26(23,24)18-10-4-15(3)5-11-18/h4-11,14,19-20H,12-13H2,1-3H3/t19-,20+/m1/s1. The Labute approximate surface area is 164 Å². The lowest BCUT2D eigenvalue weighted by atomic mass is 10.1. The molecule has 0 saturated carbocycles. The Balaban J connectivity index is 1.94. The summed E-state index contributed by atoms with van der Waals surface area (Å²) in [4.78, 5) is 0.319. The number of rotatable bonds is 5. The number of halogens is 1. The number of benzene rings is 2. The number of ether oxygens (including phenoxy) is 1. The largest absolute Gasteiger partial charge is 0.360 e. The van der Waals surface area contributed by atoms with Crippen molar-refractivity contribution in [3.63, 3.8) is 0 Å². The molecule has 3 rings (SSSR count). The van der Waals surface area contributed by atoms with Crippen LogP contribution in [-0.2, 0) is 21.2 Å². The Kier molecular flexibility index (Phi) is 5.87. The smallest absolute Gasteiger partial charge is 0.245 e. The molecule has 0 N–H and O–H groups in total. The van der Waals surface area contributed by atoms with Crippen molar-refractivity contribution >= 4 is 26.0 Å². The van der Waals surface area contributed by atoms with E-state index in [1.807, 2.05) is 57.2 Å². The summed E-state index contributed by atoms with van der Waals surface area (Å²) in [5.74, 6) is 0.171. The molecule has 2 atom stereocenters. The van der Waals surface area contributed by atoms with Gasteiger partial charge in [-0.3, -0.25) is 0 Å². The summed E-state index contributed by atoms with van der Waals surface area (Å²) in [5, 5.41) is 0. The second-order valence-electron chi connectivity index (χ2n) is 7.08. The zero-order valence-electron chi connectivity index (χ0n) is 15.2. The highest BCUT2D eigenvalue weighted by Crippen LogP contribution is 2.32. The molecule has 6 heteroatoms. The summed E-state index contributed by atoms with van der Waals surface area (Å²) in [5.41, 5.74) is 2.08. The van der Waals surface area contributed by atoms with Gasteiger partial charge in [0.15, 0.2) is 0 Å². The molecule has 1 aliphatic heterocycles. The highest BCUT2D eigenvalue weighted by atomic mass is 79.9. The highest BCUT2D eigenvalue weighted by molar-refractivity contribution is 9.10. The number of hydrogen-bond donors (Lipinski definition) is 0. The second-order valence-corrected chi connectivity index (χ2v) is 9.84. The van der Waals surface area contributed by atoms with Gasteiger partial charge in [-0.25, -0.2) is 8.42 Å². The predicted molar refractivity (Wildman–Crippen MR) is 106 cm³/mol. The van der Waals surface area contributed by atoms with Gasteiger partial charge in [-0.1, -0.05) is 59.6 Å². The maximum Gasteiger partial charge on any atom is 0.245 e. The lowest BCUT2D eigenvalue weighted by Gasteiger charge is -2.29. The van der Waals surface area contributed by atoms with Crippen LogP contribution in [-0.4, -0.2) is 31.6 Å². The second kappa shape index (κ2) is 7.80. The zero-order chi connectivity index (χ0) is 18.9. The van der Waals surface area contributed by atoms with E-state index < -0.39 is 16.3 Å². The van der Waals surface area contributed by atoms with E-state index in [0.717, 1.165) is 15.6 Å². The minimum Gasteiger partial charge on any atom is -0.360 e. The van der Waals surface area contributed by atoms with E-state index in [0.29, 0.717) is 17.9 Å². The van der Waals surface area contributed by atoms with Gasteiger partial charge in [0.1, 0.15) is 6.23 Å². The third-order valence-corrected chi connectivity index (χ3v) is 7.22. The Morgan fingerprint density at radius 1 is 1.12 bits per heavy atom. The molecule has 0 aromatic heterocycles. The molecule has 1 fully saturated rings. The Hall–Kier alpha value is -1.21. The predicted octanol–water partition coefficient (Wildman–Crippen LogP) is 4.37. The first-order valence-corrected chi connectivity index (χ1v) is 11.0. The van der Waals surface area contributed by atoms with Crippen LogP contribution >= 0.6 is 15.9 Å². The Morgan fingerprint density at radius 3 is 2.31 bits per heavy atom. The van der Waals surface area contributed by atoms with Gasteiger partial charge in [0, 0.05) is 10.9 Å². The van der Waals surface area contributed by atoms with Crippen molar-refractivity contribution in [3.05, 3.63) is 64.1 Å². The summed E-state index contributed by atoms with van der Waals surface area (Å²) in [6.45, 7) is 6.44. The van der Waals surface area contributed by atoms with Crippen molar-refractivity contribution < 1.29 is 13.2 Å². The minimum atomic E-state index is -3.63. The SMILES string of the molecule is Cc1ccc(S(=O)(=O)N2[C@H](Cc3ccc(Br)cc3)OC[C@@H]2C(C)C)cc1. The molecule has 0 spiro atoms. The Bertz CT molecular complexity index is 848. The fourth-order valence-corrected chi connectivity index (χ4v) is 5.29. The summed E-state index contributed by atoms with van der Waals surface area (Å²) in [6.07, 6.45) is 0.0385. The molecular weight excluding hydrogens is 414 g/mol. The molecule has 1 aliphatic rings. The molecule has 0 amide bonds. The van der Waals surface area contributed by atoms with Crippen LogP contribution in [0.3, 0.4) is 0 Å². The van der Waals surface area contributed by atoms with E-state index in [-0.39, 0.29) is 12.0 Å². The fraction of sp³-hybridized carbons (Fsp3) is 0.400. The van der Waals surface area contributed by atoms with Gasteiger partial charge in [0.05, 0.1) is 17.5 Å². The van der Waals surface area contributed by atoms with Crippen LogP contribution < -0.4 is 0 Å². The number of sulfonamides is 1. The topological polar surface area (TPSA) is 46.6 Å². The molecular formula is C20H24BrNO3S. The molecule has 2 aromatic carbocycles. The van der Waals surface area contributed by atoms with Crippen molar-refractivity contribution in [2.75, 3.05) is 6.61 Å². The average molecular weight is 438 g/mol. The fourth-order valence-electron chi connectivity index (χ4n) is 3.19. The quantitative estimate of drug-likeness (QED) is 0.697. The van der Waals surface area contributed by atoms with E-state index in [4.69, 9.17) is 4.74 Å². The van der Waals surface area contributed by atoms with Crippen LogP contribution in [0.5, 0.6) is 0 Å². The maximum atomic E-state index is 13.4. The summed E-state index contributed by atoms with van der Waals surface area (Å²) < 4.78 is 35.2. The molecule has 0 bridgehead atoms. The van der Waals surface area contributed by atoms with E-state index in [1.165, 1.54) is 0 Å². The van der Waals surface area contributed by atoms with Gasteiger partial charge < -0.3 is 4.74 Å². The summed E-state index contributed by atoms with van der Waals surface area (Å²) in [6, 6.07) is 14.8. The van der Waals surface area contributed by atoms with Crippen molar-refractivity contribution in [1.82, 2.24) is 4.31 Å². The van der Waals surface area contributed by atoms with Crippen LogP contribution in [0.15, 0.2) is 57.9 Å². The molecule has 26 heavy (non-hydrogen) atoms. The molecule has 0 radical (unpaired) electrons. The highest BCUT2D eigenvalue weighted by Gasteiger charge is 2.44. The van der Waals surface area contributed by atoms with Crippen molar-refractivity contribution in [2.24, 2.45) is 5.92 Å². The van der Waals surface area contributed by atoms with Gasteiger partial charge in [-0.05, 0) is 42.7 Å². The molecule has 140 valence electrons. The molecule has 2 aromatic rings. The van der Waals surface area contributed by atoms with Gasteiger partial charge >= 0.3 is 0 Å². The van der Waals surface area contributed by atoms with Gasteiger partial charge in [0.2, 0.25) is 10.0 Å². The number of hydrogen-bond acceptors (Lipinski definition) is 3. The van der Waals surface area contributed by atoms with Crippen LogP contribution in [0, 0.1) is 12.8 Å². The Morgan fingerprint density at radius 2 is 1.73 bits per heavy atom. The lowest BCUT2D eigenvalue weighted by Crippen LogP contribution is -2.45. The van der Waals surface area contributed by atoms with Crippen LogP contribution in [0.4, 0.5) is 0 Å². The monoisotopic (exact) mass is 437 g/mol. The van der Waals surface area contributed by atoms with Crippen LogP contribution in [0.2, 0.25) is 0 Å². The molecule has 1 heterocycles. The minimum absolute atomic E-state index is 0.165. The summed E-state index contributed by atoms with van der Waals surface area (Å²) >= 11 is 3.43. The molecule has 4 nitrogen and oxygen atoms in total. The third kappa shape index (κ3) is 4.03. The van der Waals surface area contributed by atoms with Crippen molar-refractivity contribution in [2.45, 2.75) is 44.4 Å². The lowest BCUT2D eigenvalue weighted by molar-refractivity contribution is 0.0687. The summed E-state index contributed by atoms with van der Waals surface area (Å²) in [7, 11) is -3.63. The molecule has 0 aliphatic carbocycles. The molecule has 0 unspecified atom stereocenters. The maximum absolute atomic E-state index is 13.4. The van der Waals surface area contributed by atoms with Crippen molar-refractivity contribution in [1.29, 1.82) is 0 Å². The van der Waals surface area contributed by atoms with E-state index >= 15 is 0 Å². The van der Waals surface area contributed by atoms with Gasteiger partial charge in [-0.2, -0.15) is 4.31 Å². The van der Waals surface area contributed by atoms with Crippen LogP contribution in [0.1, 0.15) is 25.0 Å². The van der Waals surface area contributed by atoms with E-state index in [1.54, 1.807) is 16.4 Å². The first kappa shape index (κ1) is 19.5. The number of aryl methyl sites for hydroxylation is 1. The van der Waals surface area contributed by atoms with E-state index in [9.17, 15) is 8.42 Å². The van der Waals surface area contributed by atoms with Crippen LogP contribution in [0.25, 0.3) is 0 Å². The third-order valence-electron chi connectivity index (χ3n) is 4.76. The average Bonchev–Trinajstić information content (AvgIpc) is 3.02.